The van der Waals surface area contributed by atoms with E-state index in [4.69, 9.17) is 22.1 Å². The molecule has 1 aromatic heterocycles. The number of methoxy groups -OCH3 is 1. The monoisotopic (exact) mass is 334 g/mol. The lowest BCUT2D eigenvalue weighted by molar-refractivity contribution is 0.0963. The number of nitrogen functional groups attached to an aromatic ring is 1. The number of hydrogen-bond donors (Lipinski definition) is 3. The molecule has 7 nitrogen and oxygen atoms in total. The van der Waals surface area contributed by atoms with Crippen molar-refractivity contribution >= 4 is 34.8 Å². The molecule has 0 atom stereocenters. The number of nitrogens with zero attached hydrogens (tertiary/aromatic N) is 1. The van der Waals surface area contributed by atoms with Crippen LogP contribution in [0.1, 0.15) is 20.7 Å². The SMILES string of the molecule is CNC(=O)c1cnc(Cl)cc1NC(=O)c1ccc(N)cc1OC. The summed E-state index contributed by atoms with van der Waals surface area (Å²) in [5.74, 6) is -0.535. The summed E-state index contributed by atoms with van der Waals surface area (Å²) in [5, 5.41) is 5.25. The number of carbonyl (C=O) groups excluding carboxylic acids is 2. The molecule has 0 aliphatic heterocycles. The summed E-state index contributed by atoms with van der Waals surface area (Å²) in [6.07, 6.45) is 1.29. The van der Waals surface area contributed by atoms with Crippen molar-refractivity contribution in [1.29, 1.82) is 0 Å². The van der Waals surface area contributed by atoms with E-state index in [1.165, 1.54) is 38.6 Å². The van der Waals surface area contributed by atoms with E-state index in [0.717, 1.165) is 0 Å². The third kappa shape index (κ3) is 3.70. The van der Waals surface area contributed by atoms with Crippen LogP contribution >= 0.6 is 11.6 Å². The van der Waals surface area contributed by atoms with Crippen molar-refractivity contribution in [2.45, 2.75) is 0 Å². The molecule has 0 aliphatic carbocycles. The van der Waals surface area contributed by atoms with Gasteiger partial charge in [-0.15, -0.1) is 0 Å². The molecule has 8 heteroatoms. The van der Waals surface area contributed by atoms with Crippen molar-refractivity contribution in [2.24, 2.45) is 0 Å². The Morgan fingerprint density at radius 3 is 2.61 bits per heavy atom. The highest BCUT2D eigenvalue weighted by Gasteiger charge is 2.17. The van der Waals surface area contributed by atoms with Gasteiger partial charge in [0.05, 0.1) is 23.9 Å². The quantitative estimate of drug-likeness (QED) is 0.585. The molecule has 0 saturated carbocycles. The molecule has 2 rings (SSSR count). The Morgan fingerprint density at radius 2 is 1.96 bits per heavy atom. The summed E-state index contributed by atoms with van der Waals surface area (Å²) in [7, 11) is 2.91. The first-order valence-electron chi connectivity index (χ1n) is 6.58. The molecular formula is C15H15ClN4O3. The normalized spacial score (nSPS) is 10.0. The first-order chi connectivity index (χ1) is 11.0. The lowest BCUT2D eigenvalue weighted by atomic mass is 10.1. The summed E-state index contributed by atoms with van der Waals surface area (Å²) >= 11 is 5.84. The highest BCUT2D eigenvalue weighted by atomic mass is 35.5. The van der Waals surface area contributed by atoms with Gasteiger partial charge >= 0.3 is 0 Å². The van der Waals surface area contributed by atoms with Crippen molar-refractivity contribution in [2.75, 3.05) is 25.2 Å². The van der Waals surface area contributed by atoms with E-state index in [1.807, 2.05) is 0 Å². The van der Waals surface area contributed by atoms with E-state index in [0.29, 0.717) is 11.4 Å². The Balaban J connectivity index is 2.37. The van der Waals surface area contributed by atoms with Crippen molar-refractivity contribution in [3.63, 3.8) is 0 Å². The maximum atomic E-state index is 12.5. The number of anilines is 2. The molecule has 0 aliphatic rings. The van der Waals surface area contributed by atoms with E-state index in [-0.39, 0.29) is 22.0 Å². The molecule has 1 aromatic carbocycles. The first-order valence-corrected chi connectivity index (χ1v) is 6.96. The number of carbonyl (C=O) groups is 2. The molecule has 0 unspecified atom stereocenters. The Bertz CT molecular complexity index is 764. The smallest absolute Gasteiger partial charge is 0.259 e. The number of hydrogen-bond acceptors (Lipinski definition) is 5. The minimum absolute atomic E-state index is 0.150. The highest BCUT2D eigenvalue weighted by Crippen LogP contribution is 2.24. The van der Waals surface area contributed by atoms with Crippen LogP contribution in [0, 0.1) is 0 Å². The number of rotatable bonds is 4. The second-order valence-corrected chi connectivity index (χ2v) is 4.93. The topological polar surface area (TPSA) is 106 Å². The predicted octanol–water partition coefficient (Wildman–Crippen LogP) is 1.94. The number of halogens is 1. The zero-order valence-corrected chi connectivity index (χ0v) is 13.3. The second kappa shape index (κ2) is 6.97. The van der Waals surface area contributed by atoms with Crippen LogP contribution in [0.5, 0.6) is 5.75 Å². The zero-order valence-electron chi connectivity index (χ0n) is 12.5. The maximum absolute atomic E-state index is 12.5. The van der Waals surface area contributed by atoms with Gasteiger partial charge in [0.1, 0.15) is 10.9 Å². The van der Waals surface area contributed by atoms with Crippen LogP contribution < -0.4 is 21.1 Å². The van der Waals surface area contributed by atoms with Gasteiger partial charge < -0.3 is 21.1 Å². The maximum Gasteiger partial charge on any atom is 0.259 e. The molecule has 1 heterocycles. The Labute approximate surface area is 137 Å². The van der Waals surface area contributed by atoms with Crippen LogP contribution in [0.3, 0.4) is 0 Å². The molecule has 0 saturated heterocycles. The minimum Gasteiger partial charge on any atom is -0.496 e. The van der Waals surface area contributed by atoms with Gasteiger partial charge in [0.25, 0.3) is 11.8 Å². The minimum atomic E-state index is -0.464. The summed E-state index contributed by atoms with van der Waals surface area (Å²) in [6, 6.07) is 6.05. The van der Waals surface area contributed by atoms with Gasteiger partial charge in [0, 0.05) is 25.0 Å². The van der Waals surface area contributed by atoms with Gasteiger partial charge in [-0.25, -0.2) is 4.98 Å². The van der Waals surface area contributed by atoms with Crippen LogP contribution in [-0.2, 0) is 0 Å². The average Bonchev–Trinajstić information content (AvgIpc) is 2.54. The van der Waals surface area contributed by atoms with E-state index >= 15 is 0 Å². The van der Waals surface area contributed by atoms with E-state index < -0.39 is 11.8 Å². The zero-order chi connectivity index (χ0) is 17.0. The number of aromatic nitrogens is 1. The van der Waals surface area contributed by atoms with Crippen LogP contribution in [0.15, 0.2) is 30.5 Å². The Kier molecular flexibility index (Phi) is 5.02. The third-order valence-corrected chi connectivity index (χ3v) is 3.27. The molecule has 0 spiro atoms. The fourth-order valence-electron chi connectivity index (χ4n) is 1.93. The average molecular weight is 335 g/mol. The Hall–Kier alpha value is -2.80. The second-order valence-electron chi connectivity index (χ2n) is 4.55. The summed E-state index contributed by atoms with van der Waals surface area (Å²) in [4.78, 5) is 28.1. The Morgan fingerprint density at radius 1 is 1.22 bits per heavy atom. The highest BCUT2D eigenvalue weighted by molar-refractivity contribution is 6.30. The predicted molar refractivity (Wildman–Crippen MR) is 88.0 cm³/mol. The van der Waals surface area contributed by atoms with Crippen molar-refractivity contribution in [3.8, 4) is 5.75 Å². The van der Waals surface area contributed by atoms with Crippen LogP contribution in [0.4, 0.5) is 11.4 Å². The molecule has 120 valence electrons. The molecule has 23 heavy (non-hydrogen) atoms. The van der Waals surface area contributed by atoms with Gasteiger partial charge in [-0.2, -0.15) is 0 Å². The number of nitrogens with two attached hydrogens (primary N) is 1. The van der Waals surface area contributed by atoms with Gasteiger partial charge in [0.15, 0.2) is 0 Å². The number of benzene rings is 1. The molecule has 0 bridgehead atoms. The third-order valence-electron chi connectivity index (χ3n) is 3.06. The lowest BCUT2D eigenvalue weighted by Crippen LogP contribution is -2.22. The van der Waals surface area contributed by atoms with E-state index in [1.54, 1.807) is 6.07 Å². The molecule has 0 fully saturated rings. The van der Waals surface area contributed by atoms with Crippen molar-refractivity contribution < 1.29 is 14.3 Å². The fourth-order valence-corrected chi connectivity index (χ4v) is 2.09. The van der Waals surface area contributed by atoms with Crippen LogP contribution in [-0.4, -0.2) is 31.0 Å². The van der Waals surface area contributed by atoms with E-state index in [9.17, 15) is 9.59 Å². The van der Waals surface area contributed by atoms with Gasteiger partial charge in [0.2, 0.25) is 0 Å². The summed E-state index contributed by atoms with van der Waals surface area (Å²) in [5.41, 5.74) is 6.85. The van der Waals surface area contributed by atoms with E-state index in [2.05, 4.69) is 15.6 Å². The molecule has 0 radical (unpaired) electrons. The number of ether oxygens (including phenoxy) is 1. The molecular weight excluding hydrogens is 320 g/mol. The van der Waals surface area contributed by atoms with Crippen molar-refractivity contribution in [3.05, 3.63) is 46.7 Å². The standard InChI is InChI=1S/C15H15ClN4O3/c1-18-14(21)10-7-19-13(16)6-11(10)20-15(22)9-4-3-8(17)5-12(9)23-2/h3-7H,17H2,1-2H3,(H,18,21)(H,19,20,22). The summed E-state index contributed by atoms with van der Waals surface area (Å²) in [6.45, 7) is 0. The van der Waals surface area contributed by atoms with Gasteiger partial charge in [-0.3, -0.25) is 9.59 Å². The van der Waals surface area contributed by atoms with Crippen LogP contribution in [0.25, 0.3) is 0 Å². The lowest BCUT2D eigenvalue weighted by Gasteiger charge is -2.12. The number of amides is 2. The summed E-state index contributed by atoms with van der Waals surface area (Å²) < 4.78 is 5.15. The molecule has 2 amide bonds. The largest absolute Gasteiger partial charge is 0.496 e. The number of nitrogens with one attached hydrogen (secondary N) is 2. The van der Waals surface area contributed by atoms with Crippen LogP contribution in [0.2, 0.25) is 5.15 Å². The number of pyridine rings is 1. The van der Waals surface area contributed by atoms with Gasteiger partial charge in [-0.1, -0.05) is 11.6 Å². The van der Waals surface area contributed by atoms with Gasteiger partial charge in [-0.05, 0) is 18.2 Å². The molecule has 4 N–H and O–H groups in total. The molecule has 2 aromatic rings. The fraction of sp³-hybridized carbons (Fsp3) is 0.133. The van der Waals surface area contributed by atoms with Crippen molar-refractivity contribution in [1.82, 2.24) is 10.3 Å². The first kappa shape index (κ1) is 16.6.